The van der Waals surface area contributed by atoms with E-state index in [0.717, 1.165) is 13.1 Å². The molecule has 0 radical (unpaired) electrons. The molecule has 0 aliphatic carbocycles. The number of rotatable bonds is 2. The molecule has 0 aromatic heterocycles. The molecular formula is C14H21N3. The van der Waals surface area contributed by atoms with Crippen molar-refractivity contribution >= 4 is 0 Å². The van der Waals surface area contributed by atoms with E-state index in [0.29, 0.717) is 0 Å². The Bertz CT molecular complexity index is 358. The fourth-order valence-corrected chi connectivity index (χ4v) is 2.85. The number of likely N-dealkylation sites (N-methyl/N-ethyl adjacent to an activating group) is 1. The second-order valence-corrected chi connectivity index (χ2v) is 4.98. The fourth-order valence-electron chi connectivity index (χ4n) is 2.85. The van der Waals surface area contributed by atoms with Gasteiger partial charge in [-0.05, 0) is 17.7 Å². The summed E-state index contributed by atoms with van der Waals surface area (Å²) in [5.41, 5.74) is 3.01. The molecule has 2 aliphatic rings. The van der Waals surface area contributed by atoms with E-state index >= 15 is 0 Å². The molecule has 2 heterocycles. The number of fused-ring (bicyclic) bond motifs is 1. The number of hydrogen-bond donors (Lipinski definition) is 0. The van der Waals surface area contributed by atoms with Crippen molar-refractivity contribution in [3.05, 3.63) is 35.4 Å². The molecule has 3 rings (SSSR count). The van der Waals surface area contributed by atoms with E-state index in [4.69, 9.17) is 0 Å². The lowest BCUT2D eigenvalue weighted by atomic mass is 10.1. The van der Waals surface area contributed by atoms with Gasteiger partial charge in [0.25, 0.3) is 0 Å². The highest BCUT2D eigenvalue weighted by atomic mass is 15.6. The summed E-state index contributed by atoms with van der Waals surface area (Å²) in [7, 11) is 0. The summed E-state index contributed by atoms with van der Waals surface area (Å²) in [5, 5.41) is 5.05. The number of piperazine rings is 1. The van der Waals surface area contributed by atoms with E-state index in [2.05, 4.69) is 46.1 Å². The number of hydrazine groups is 1. The predicted molar refractivity (Wildman–Crippen MR) is 69.4 cm³/mol. The van der Waals surface area contributed by atoms with Crippen LogP contribution in [0.15, 0.2) is 24.3 Å². The smallest absolute Gasteiger partial charge is 0.0391 e. The minimum Gasteiger partial charge on any atom is -0.301 e. The van der Waals surface area contributed by atoms with E-state index in [-0.39, 0.29) is 0 Å². The van der Waals surface area contributed by atoms with Gasteiger partial charge in [-0.15, -0.1) is 0 Å². The summed E-state index contributed by atoms with van der Waals surface area (Å²) < 4.78 is 0. The van der Waals surface area contributed by atoms with Crippen LogP contribution in [0.2, 0.25) is 0 Å². The Morgan fingerprint density at radius 1 is 0.882 bits per heavy atom. The van der Waals surface area contributed by atoms with Crippen molar-refractivity contribution in [2.45, 2.75) is 20.0 Å². The van der Waals surface area contributed by atoms with Crippen LogP contribution in [0.3, 0.4) is 0 Å². The van der Waals surface area contributed by atoms with Gasteiger partial charge in [0.15, 0.2) is 0 Å². The Balaban J connectivity index is 1.62. The van der Waals surface area contributed by atoms with Crippen molar-refractivity contribution in [2.24, 2.45) is 0 Å². The summed E-state index contributed by atoms with van der Waals surface area (Å²) in [6.45, 7) is 10.4. The van der Waals surface area contributed by atoms with Crippen LogP contribution in [0.1, 0.15) is 18.1 Å². The van der Waals surface area contributed by atoms with Crippen molar-refractivity contribution in [3.8, 4) is 0 Å². The zero-order chi connectivity index (χ0) is 11.7. The molecule has 0 N–H and O–H groups in total. The van der Waals surface area contributed by atoms with Gasteiger partial charge >= 0.3 is 0 Å². The van der Waals surface area contributed by atoms with Crippen LogP contribution in [-0.2, 0) is 13.1 Å². The lowest BCUT2D eigenvalue weighted by Crippen LogP contribution is -2.51. The van der Waals surface area contributed by atoms with Gasteiger partial charge in [-0.1, -0.05) is 31.2 Å². The Hall–Kier alpha value is -0.900. The molecule has 0 amide bonds. The second-order valence-electron chi connectivity index (χ2n) is 4.98. The first kappa shape index (κ1) is 11.2. The van der Waals surface area contributed by atoms with E-state index < -0.39 is 0 Å². The van der Waals surface area contributed by atoms with E-state index in [9.17, 15) is 0 Å². The molecule has 1 saturated heterocycles. The SMILES string of the molecule is CCN1CCN(N2Cc3ccccc3C2)CC1. The number of benzene rings is 1. The van der Waals surface area contributed by atoms with Crippen molar-refractivity contribution in [1.29, 1.82) is 0 Å². The van der Waals surface area contributed by atoms with Gasteiger partial charge in [-0.25, -0.2) is 10.0 Å². The maximum absolute atomic E-state index is 2.53. The standard InChI is InChI=1S/C14H21N3/c1-2-15-7-9-16(10-8-15)17-11-13-5-3-4-6-14(13)12-17/h3-6H,2,7-12H2,1H3. The molecule has 3 nitrogen and oxygen atoms in total. The molecule has 1 aromatic rings. The molecule has 0 saturated carbocycles. The molecule has 1 fully saturated rings. The zero-order valence-corrected chi connectivity index (χ0v) is 10.6. The lowest BCUT2D eigenvalue weighted by molar-refractivity contribution is -0.0612. The normalized spacial score (nSPS) is 22.9. The predicted octanol–water partition coefficient (Wildman–Crippen LogP) is 1.55. The molecule has 92 valence electrons. The fraction of sp³-hybridized carbons (Fsp3) is 0.571. The highest BCUT2D eigenvalue weighted by Crippen LogP contribution is 2.24. The van der Waals surface area contributed by atoms with Gasteiger partial charge in [0.2, 0.25) is 0 Å². The van der Waals surface area contributed by atoms with Crippen LogP contribution in [0.4, 0.5) is 0 Å². The average molecular weight is 231 g/mol. The van der Waals surface area contributed by atoms with Crippen LogP contribution < -0.4 is 0 Å². The maximum Gasteiger partial charge on any atom is 0.0391 e. The molecule has 2 aliphatic heterocycles. The lowest BCUT2D eigenvalue weighted by Gasteiger charge is -2.39. The van der Waals surface area contributed by atoms with Crippen LogP contribution in [0, 0.1) is 0 Å². The van der Waals surface area contributed by atoms with Crippen LogP contribution in [0.5, 0.6) is 0 Å². The molecular weight excluding hydrogens is 210 g/mol. The molecule has 0 bridgehead atoms. The Morgan fingerprint density at radius 2 is 1.47 bits per heavy atom. The molecule has 17 heavy (non-hydrogen) atoms. The first-order valence-electron chi connectivity index (χ1n) is 6.66. The largest absolute Gasteiger partial charge is 0.301 e. The minimum absolute atomic E-state index is 1.10. The van der Waals surface area contributed by atoms with Crippen molar-refractivity contribution in [1.82, 2.24) is 14.9 Å². The first-order valence-corrected chi connectivity index (χ1v) is 6.66. The maximum atomic E-state index is 2.53. The van der Waals surface area contributed by atoms with Gasteiger partial charge in [0.05, 0.1) is 0 Å². The Kier molecular flexibility index (Phi) is 3.14. The minimum atomic E-state index is 1.10. The van der Waals surface area contributed by atoms with Gasteiger partial charge in [0, 0.05) is 39.3 Å². The van der Waals surface area contributed by atoms with Gasteiger partial charge in [-0.3, -0.25) is 0 Å². The van der Waals surface area contributed by atoms with Crippen molar-refractivity contribution in [3.63, 3.8) is 0 Å². The topological polar surface area (TPSA) is 9.72 Å². The van der Waals surface area contributed by atoms with Gasteiger partial charge < -0.3 is 4.90 Å². The van der Waals surface area contributed by atoms with Gasteiger partial charge in [0.1, 0.15) is 0 Å². The van der Waals surface area contributed by atoms with Crippen molar-refractivity contribution < 1.29 is 0 Å². The number of hydrogen-bond acceptors (Lipinski definition) is 3. The molecule has 0 atom stereocenters. The molecule has 0 unspecified atom stereocenters. The first-order chi connectivity index (χ1) is 8.36. The third-order valence-corrected chi connectivity index (χ3v) is 4.02. The van der Waals surface area contributed by atoms with E-state index in [1.807, 2.05) is 0 Å². The van der Waals surface area contributed by atoms with Crippen LogP contribution >= 0.6 is 0 Å². The van der Waals surface area contributed by atoms with Crippen molar-refractivity contribution in [2.75, 3.05) is 32.7 Å². The second kappa shape index (κ2) is 4.77. The summed E-state index contributed by atoms with van der Waals surface area (Å²) in [4.78, 5) is 2.53. The van der Waals surface area contributed by atoms with E-state index in [1.165, 1.54) is 43.9 Å². The summed E-state index contributed by atoms with van der Waals surface area (Å²) >= 11 is 0. The molecule has 0 spiro atoms. The molecule has 3 heteroatoms. The summed E-state index contributed by atoms with van der Waals surface area (Å²) in [6, 6.07) is 8.82. The summed E-state index contributed by atoms with van der Waals surface area (Å²) in [5.74, 6) is 0. The quantitative estimate of drug-likeness (QED) is 0.764. The molecule has 1 aromatic carbocycles. The zero-order valence-electron chi connectivity index (χ0n) is 10.6. The Labute approximate surface area is 104 Å². The highest BCUT2D eigenvalue weighted by molar-refractivity contribution is 5.29. The number of nitrogens with zero attached hydrogens (tertiary/aromatic N) is 3. The van der Waals surface area contributed by atoms with Gasteiger partial charge in [-0.2, -0.15) is 0 Å². The van der Waals surface area contributed by atoms with E-state index in [1.54, 1.807) is 0 Å². The van der Waals surface area contributed by atoms with Crippen LogP contribution in [-0.4, -0.2) is 47.6 Å². The summed E-state index contributed by atoms with van der Waals surface area (Å²) in [6.07, 6.45) is 0. The van der Waals surface area contributed by atoms with Crippen LogP contribution in [0.25, 0.3) is 0 Å². The average Bonchev–Trinajstić information content (AvgIpc) is 2.82. The third kappa shape index (κ3) is 2.23. The monoisotopic (exact) mass is 231 g/mol. The Morgan fingerprint density at radius 3 is 2.00 bits per heavy atom. The third-order valence-electron chi connectivity index (χ3n) is 4.02. The highest BCUT2D eigenvalue weighted by Gasteiger charge is 2.26.